The van der Waals surface area contributed by atoms with Crippen LogP contribution in [0.2, 0.25) is 0 Å². The molecule has 0 saturated carbocycles. The standard InChI is InChI=1S/C16H22F3N3O/c1-2-22(12-16(17,18)19)15(23)13-6-5-9-21(10-13)11-14-7-3-4-8-20-14/h3-4,7-8,13H,2,5-6,9-12H2,1H3. The summed E-state index contributed by atoms with van der Waals surface area (Å²) in [5, 5.41) is 0. The van der Waals surface area contributed by atoms with Gasteiger partial charge in [0.1, 0.15) is 6.54 Å². The average Bonchev–Trinajstić information content (AvgIpc) is 2.52. The molecule has 0 spiro atoms. The quantitative estimate of drug-likeness (QED) is 0.833. The van der Waals surface area contributed by atoms with Crippen molar-refractivity contribution in [1.82, 2.24) is 14.8 Å². The topological polar surface area (TPSA) is 36.4 Å². The molecule has 23 heavy (non-hydrogen) atoms. The molecule has 4 nitrogen and oxygen atoms in total. The fraction of sp³-hybridized carbons (Fsp3) is 0.625. The highest BCUT2D eigenvalue weighted by Gasteiger charge is 2.36. The average molecular weight is 329 g/mol. The molecule has 1 aromatic rings. The Labute approximate surface area is 134 Å². The van der Waals surface area contributed by atoms with E-state index in [1.54, 1.807) is 13.1 Å². The van der Waals surface area contributed by atoms with Crippen molar-refractivity contribution in [3.8, 4) is 0 Å². The van der Waals surface area contributed by atoms with Crippen molar-refractivity contribution in [3.63, 3.8) is 0 Å². The number of alkyl halides is 3. The van der Waals surface area contributed by atoms with Crippen molar-refractivity contribution in [2.24, 2.45) is 5.92 Å². The van der Waals surface area contributed by atoms with Crippen molar-refractivity contribution < 1.29 is 18.0 Å². The first kappa shape index (κ1) is 17.7. The predicted molar refractivity (Wildman–Crippen MR) is 80.5 cm³/mol. The van der Waals surface area contributed by atoms with Gasteiger partial charge in [-0.3, -0.25) is 14.7 Å². The van der Waals surface area contributed by atoms with E-state index in [2.05, 4.69) is 9.88 Å². The summed E-state index contributed by atoms with van der Waals surface area (Å²) in [4.78, 5) is 19.7. The molecular formula is C16H22F3N3O. The number of pyridine rings is 1. The van der Waals surface area contributed by atoms with E-state index in [0.29, 0.717) is 19.5 Å². The zero-order valence-electron chi connectivity index (χ0n) is 13.2. The Bertz CT molecular complexity index is 507. The Morgan fingerprint density at radius 2 is 2.22 bits per heavy atom. The minimum atomic E-state index is -4.35. The molecule has 1 amide bonds. The minimum absolute atomic E-state index is 0.0785. The number of carbonyl (C=O) groups excluding carboxylic acids is 1. The Kier molecular flexibility index (Phi) is 5.98. The van der Waals surface area contributed by atoms with E-state index in [1.807, 2.05) is 18.2 Å². The second-order valence-electron chi connectivity index (χ2n) is 5.86. The molecule has 2 rings (SSSR count). The van der Waals surface area contributed by atoms with Gasteiger partial charge in [-0.1, -0.05) is 6.07 Å². The molecule has 1 fully saturated rings. The Hall–Kier alpha value is -1.63. The van der Waals surface area contributed by atoms with Crippen LogP contribution < -0.4 is 0 Å². The van der Waals surface area contributed by atoms with Gasteiger partial charge in [-0.05, 0) is 38.4 Å². The highest BCUT2D eigenvalue weighted by molar-refractivity contribution is 5.79. The molecule has 7 heteroatoms. The first-order valence-corrected chi connectivity index (χ1v) is 7.87. The summed E-state index contributed by atoms with van der Waals surface area (Å²) in [6.45, 7) is 2.44. The lowest BCUT2D eigenvalue weighted by atomic mass is 9.96. The molecule has 1 unspecified atom stereocenters. The Morgan fingerprint density at radius 3 is 2.83 bits per heavy atom. The summed E-state index contributed by atoms with van der Waals surface area (Å²) in [7, 11) is 0. The second-order valence-corrected chi connectivity index (χ2v) is 5.86. The molecule has 0 bridgehead atoms. The van der Waals surface area contributed by atoms with Gasteiger partial charge < -0.3 is 4.90 Å². The van der Waals surface area contributed by atoms with Crippen LogP contribution in [0.1, 0.15) is 25.5 Å². The number of piperidine rings is 1. The second kappa shape index (κ2) is 7.77. The van der Waals surface area contributed by atoms with Crippen LogP contribution in [0.5, 0.6) is 0 Å². The lowest BCUT2D eigenvalue weighted by Gasteiger charge is -2.34. The maximum Gasteiger partial charge on any atom is 0.406 e. The summed E-state index contributed by atoms with van der Waals surface area (Å²) in [6, 6.07) is 5.65. The first-order valence-electron chi connectivity index (χ1n) is 7.87. The highest BCUT2D eigenvalue weighted by Crippen LogP contribution is 2.23. The van der Waals surface area contributed by atoms with Gasteiger partial charge in [-0.2, -0.15) is 13.2 Å². The molecular weight excluding hydrogens is 307 g/mol. The van der Waals surface area contributed by atoms with E-state index in [0.717, 1.165) is 23.6 Å². The van der Waals surface area contributed by atoms with Crippen molar-refractivity contribution >= 4 is 5.91 Å². The van der Waals surface area contributed by atoms with Gasteiger partial charge in [0.25, 0.3) is 0 Å². The lowest BCUT2D eigenvalue weighted by Crippen LogP contribution is -2.47. The number of rotatable bonds is 5. The molecule has 1 aliphatic heterocycles. The summed E-state index contributed by atoms with van der Waals surface area (Å²) in [5.41, 5.74) is 0.906. The van der Waals surface area contributed by atoms with E-state index in [-0.39, 0.29) is 12.5 Å². The largest absolute Gasteiger partial charge is 0.406 e. The van der Waals surface area contributed by atoms with Crippen LogP contribution in [0.25, 0.3) is 0 Å². The molecule has 2 heterocycles. The van der Waals surface area contributed by atoms with E-state index < -0.39 is 18.6 Å². The monoisotopic (exact) mass is 329 g/mol. The number of likely N-dealkylation sites (tertiary alicyclic amines) is 1. The smallest absolute Gasteiger partial charge is 0.334 e. The van der Waals surface area contributed by atoms with Gasteiger partial charge in [0.05, 0.1) is 11.6 Å². The summed E-state index contributed by atoms with van der Waals surface area (Å²) in [6.07, 6.45) is -1.18. The molecule has 1 aromatic heterocycles. The molecule has 0 radical (unpaired) electrons. The zero-order valence-corrected chi connectivity index (χ0v) is 13.2. The van der Waals surface area contributed by atoms with E-state index in [1.165, 1.54) is 0 Å². The number of aromatic nitrogens is 1. The number of hydrogen-bond donors (Lipinski definition) is 0. The van der Waals surface area contributed by atoms with Gasteiger partial charge in [0.2, 0.25) is 5.91 Å². The molecule has 1 saturated heterocycles. The highest BCUT2D eigenvalue weighted by atomic mass is 19.4. The molecule has 128 valence electrons. The summed E-state index contributed by atoms with van der Waals surface area (Å²) in [5.74, 6) is -0.759. The van der Waals surface area contributed by atoms with E-state index in [9.17, 15) is 18.0 Å². The Morgan fingerprint density at radius 1 is 1.43 bits per heavy atom. The van der Waals surface area contributed by atoms with Crippen LogP contribution in [0.15, 0.2) is 24.4 Å². The summed E-state index contributed by atoms with van der Waals surface area (Å²) >= 11 is 0. The van der Waals surface area contributed by atoms with Gasteiger partial charge in [0, 0.05) is 25.8 Å². The molecule has 0 aromatic carbocycles. The number of nitrogens with zero attached hydrogens (tertiary/aromatic N) is 3. The third-order valence-corrected chi connectivity index (χ3v) is 4.03. The lowest BCUT2D eigenvalue weighted by molar-refractivity contribution is -0.164. The third-order valence-electron chi connectivity index (χ3n) is 4.03. The fourth-order valence-corrected chi connectivity index (χ4v) is 2.94. The maximum absolute atomic E-state index is 12.6. The van der Waals surface area contributed by atoms with Crippen LogP contribution in [0, 0.1) is 5.92 Å². The SMILES string of the molecule is CCN(CC(F)(F)F)C(=O)C1CCCN(Cc2ccccn2)C1. The normalized spacial score (nSPS) is 19.6. The van der Waals surface area contributed by atoms with Gasteiger partial charge in [-0.15, -0.1) is 0 Å². The number of carbonyl (C=O) groups is 1. The molecule has 0 aliphatic carbocycles. The summed E-state index contributed by atoms with van der Waals surface area (Å²) < 4.78 is 37.7. The number of halogens is 3. The van der Waals surface area contributed by atoms with Crippen molar-refractivity contribution in [3.05, 3.63) is 30.1 Å². The van der Waals surface area contributed by atoms with E-state index >= 15 is 0 Å². The van der Waals surface area contributed by atoms with E-state index in [4.69, 9.17) is 0 Å². The number of hydrogen-bond acceptors (Lipinski definition) is 3. The van der Waals surface area contributed by atoms with Crippen LogP contribution >= 0.6 is 0 Å². The van der Waals surface area contributed by atoms with Crippen molar-refractivity contribution in [2.45, 2.75) is 32.5 Å². The van der Waals surface area contributed by atoms with Gasteiger partial charge in [-0.25, -0.2) is 0 Å². The number of amides is 1. The minimum Gasteiger partial charge on any atom is -0.334 e. The Balaban J connectivity index is 1.95. The predicted octanol–water partition coefficient (Wildman–Crippen LogP) is 2.70. The molecule has 0 N–H and O–H groups in total. The van der Waals surface area contributed by atoms with Gasteiger partial charge >= 0.3 is 6.18 Å². The van der Waals surface area contributed by atoms with Crippen molar-refractivity contribution in [2.75, 3.05) is 26.2 Å². The zero-order chi connectivity index (χ0) is 16.9. The molecule has 1 aliphatic rings. The maximum atomic E-state index is 12.6. The fourth-order valence-electron chi connectivity index (χ4n) is 2.94. The van der Waals surface area contributed by atoms with Crippen LogP contribution in [0.3, 0.4) is 0 Å². The third kappa shape index (κ3) is 5.49. The van der Waals surface area contributed by atoms with Crippen LogP contribution in [-0.2, 0) is 11.3 Å². The van der Waals surface area contributed by atoms with Gasteiger partial charge in [0.15, 0.2) is 0 Å². The first-order chi connectivity index (χ1) is 10.9. The van der Waals surface area contributed by atoms with Crippen LogP contribution in [0.4, 0.5) is 13.2 Å². The van der Waals surface area contributed by atoms with Crippen molar-refractivity contribution in [1.29, 1.82) is 0 Å². The van der Waals surface area contributed by atoms with Crippen LogP contribution in [-0.4, -0.2) is 53.0 Å². The molecule has 1 atom stereocenters.